The van der Waals surface area contributed by atoms with Crippen LogP contribution in [0.4, 0.5) is 0 Å². The Kier molecular flexibility index (Phi) is 3.38. The molecule has 0 spiro atoms. The lowest BCUT2D eigenvalue weighted by atomic mass is 10.0. The third kappa shape index (κ3) is 2.28. The van der Waals surface area contributed by atoms with E-state index in [0.717, 1.165) is 23.7 Å². The number of carbonyl (C=O) groups is 1. The summed E-state index contributed by atoms with van der Waals surface area (Å²) in [6.45, 7) is 2.13. The fourth-order valence-corrected chi connectivity index (χ4v) is 1.93. The summed E-state index contributed by atoms with van der Waals surface area (Å²) in [7, 11) is 1.39. The molecular weight excluding hydrogens is 214 g/mol. The molecule has 0 bridgehead atoms. The largest absolute Gasteiger partial charge is 0.465 e. The summed E-state index contributed by atoms with van der Waals surface area (Å²) in [5.41, 5.74) is 2.63. The Morgan fingerprint density at radius 2 is 2.18 bits per heavy atom. The van der Waals surface area contributed by atoms with E-state index in [2.05, 4.69) is 18.0 Å². The quantitative estimate of drug-likeness (QED) is 0.759. The lowest BCUT2D eigenvalue weighted by Gasteiger charge is -2.06. The summed E-state index contributed by atoms with van der Waals surface area (Å²) in [6.07, 6.45) is 3.72. The van der Waals surface area contributed by atoms with Crippen LogP contribution in [-0.4, -0.2) is 18.1 Å². The summed E-state index contributed by atoms with van der Waals surface area (Å²) >= 11 is 0. The van der Waals surface area contributed by atoms with E-state index in [1.54, 1.807) is 12.3 Å². The number of nitrogens with zero attached hydrogens (tertiary/aromatic N) is 1. The van der Waals surface area contributed by atoms with Crippen molar-refractivity contribution < 1.29 is 9.53 Å². The number of fused-ring (bicyclic) bond motifs is 1. The van der Waals surface area contributed by atoms with Crippen LogP contribution >= 0.6 is 0 Å². The van der Waals surface area contributed by atoms with Crippen molar-refractivity contribution in [2.45, 2.75) is 19.8 Å². The second-order valence-corrected chi connectivity index (χ2v) is 3.95. The van der Waals surface area contributed by atoms with Crippen LogP contribution in [0.15, 0.2) is 30.5 Å². The minimum atomic E-state index is -0.314. The fourth-order valence-electron chi connectivity index (χ4n) is 1.93. The number of esters is 1. The summed E-state index contributed by atoms with van der Waals surface area (Å²) in [5.74, 6) is -0.314. The lowest BCUT2D eigenvalue weighted by Crippen LogP contribution is -2.02. The van der Waals surface area contributed by atoms with Crippen LogP contribution in [-0.2, 0) is 11.2 Å². The van der Waals surface area contributed by atoms with Gasteiger partial charge in [-0.2, -0.15) is 0 Å². The summed E-state index contributed by atoms with van der Waals surface area (Å²) in [6, 6.07) is 7.73. The highest BCUT2D eigenvalue weighted by molar-refractivity contribution is 6.03. The molecule has 2 rings (SSSR count). The van der Waals surface area contributed by atoms with E-state index in [-0.39, 0.29) is 5.97 Å². The lowest BCUT2D eigenvalue weighted by molar-refractivity contribution is 0.0603. The summed E-state index contributed by atoms with van der Waals surface area (Å²) < 4.78 is 4.78. The van der Waals surface area contributed by atoms with E-state index in [1.165, 1.54) is 12.7 Å². The van der Waals surface area contributed by atoms with Gasteiger partial charge in [0.25, 0.3) is 0 Å². The van der Waals surface area contributed by atoms with Gasteiger partial charge >= 0.3 is 5.97 Å². The molecular formula is C14H15NO2. The molecule has 88 valence electrons. The van der Waals surface area contributed by atoms with E-state index in [0.29, 0.717) is 5.56 Å². The zero-order valence-electron chi connectivity index (χ0n) is 10.1. The highest BCUT2D eigenvalue weighted by Crippen LogP contribution is 2.20. The van der Waals surface area contributed by atoms with Gasteiger partial charge in [-0.1, -0.05) is 19.4 Å². The molecule has 0 aliphatic rings. The highest BCUT2D eigenvalue weighted by Gasteiger charge is 2.10. The van der Waals surface area contributed by atoms with Crippen molar-refractivity contribution in [3.63, 3.8) is 0 Å². The molecule has 0 amide bonds. The Morgan fingerprint density at radius 1 is 1.35 bits per heavy atom. The molecule has 0 fully saturated rings. The first-order valence-electron chi connectivity index (χ1n) is 5.72. The summed E-state index contributed by atoms with van der Waals surface area (Å²) in [5, 5.41) is 0.866. The van der Waals surface area contributed by atoms with Crippen molar-refractivity contribution in [1.82, 2.24) is 4.98 Å². The number of benzene rings is 1. The molecule has 0 aliphatic carbocycles. The van der Waals surface area contributed by atoms with E-state index in [9.17, 15) is 4.79 Å². The molecule has 0 unspecified atom stereocenters. The molecule has 2 aromatic rings. The normalized spacial score (nSPS) is 10.5. The molecule has 3 heteroatoms. The van der Waals surface area contributed by atoms with E-state index in [4.69, 9.17) is 4.74 Å². The van der Waals surface area contributed by atoms with Gasteiger partial charge < -0.3 is 4.74 Å². The Bertz CT molecular complexity index is 549. The highest BCUT2D eigenvalue weighted by atomic mass is 16.5. The van der Waals surface area contributed by atoms with Crippen molar-refractivity contribution in [2.75, 3.05) is 7.11 Å². The number of rotatable bonds is 3. The number of pyridine rings is 1. The average Bonchev–Trinajstić information content (AvgIpc) is 2.37. The van der Waals surface area contributed by atoms with Crippen LogP contribution in [0.5, 0.6) is 0 Å². The van der Waals surface area contributed by atoms with Gasteiger partial charge in [-0.15, -0.1) is 0 Å². The van der Waals surface area contributed by atoms with Crippen LogP contribution in [0.1, 0.15) is 29.3 Å². The van der Waals surface area contributed by atoms with Gasteiger partial charge in [0.15, 0.2) is 0 Å². The zero-order chi connectivity index (χ0) is 12.3. The third-order valence-corrected chi connectivity index (χ3v) is 2.75. The fraction of sp³-hybridized carbons (Fsp3) is 0.286. The Labute approximate surface area is 100 Å². The standard InChI is InChI=1S/C14H15NO2/c1-3-4-10-5-6-13-12(9-10)11(7-8-15-13)14(16)17-2/h5-9H,3-4H2,1-2H3. The first-order valence-corrected chi connectivity index (χ1v) is 5.72. The summed E-state index contributed by atoms with van der Waals surface area (Å²) in [4.78, 5) is 15.9. The van der Waals surface area contributed by atoms with Gasteiger partial charge in [0.05, 0.1) is 18.2 Å². The second-order valence-electron chi connectivity index (χ2n) is 3.95. The van der Waals surface area contributed by atoms with Crippen LogP contribution < -0.4 is 0 Å². The minimum Gasteiger partial charge on any atom is -0.465 e. The third-order valence-electron chi connectivity index (χ3n) is 2.75. The number of methoxy groups -OCH3 is 1. The van der Waals surface area contributed by atoms with Gasteiger partial charge in [-0.05, 0) is 30.2 Å². The minimum absolute atomic E-state index is 0.314. The maximum Gasteiger partial charge on any atom is 0.338 e. The number of aryl methyl sites for hydroxylation is 1. The molecule has 0 aliphatic heterocycles. The molecule has 0 saturated carbocycles. The molecule has 0 radical (unpaired) electrons. The maximum atomic E-state index is 11.6. The molecule has 0 N–H and O–H groups in total. The Balaban J connectivity index is 2.59. The van der Waals surface area contributed by atoms with Crippen molar-refractivity contribution in [1.29, 1.82) is 0 Å². The number of hydrogen-bond donors (Lipinski definition) is 0. The predicted molar refractivity (Wildman–Crippen MR) is 67.1 cm³/mol. The molecule has 1 aromatic heterocycles. The smallest absolute Gasteiger partial charge is 0.338 e. The molecule has 0 saturated heterocycles. The topological polar surface area (TPSA) is 39.2 Å². The molecule has 1 aromatic carbocycles. The number of hydrogen-bond acceptors (Lipinski definition) is 3. The van der Waals surface area contributed by atoms with Crippen LogP contribution in [0.2, 0.25) is 0 Å². The van der Waals surface area contributed by atoms with E-state index in [1.807, 2.05) is 12.1 Å². The molecule has 3 nitrogen and oxygen atoms in total. The van der Waals surface area contributed by atoms with E-state index < -0.39 is 0 Å². The van der Waals surface area contributed by atoms with Gasteiger partial charge in [0, 0.05) is 11.6 Å². The monoisotopic (exact) mass is 229 g/mol. The first-order chi connectivity index (χ1) is 8.26. The predicted octanol–water partition coefficient (Wildman–Crippen LogP) is 2.97. The van der Waals surface area contributed by atoms with Crippen molar-refractivity contribution in [3.8, 4) is 0 Å². The van der Waals surface area contributed by atoms with Crippen molar-refractivity contribution >= 4 is 16.9 Å². The first kappa shape index (κ1) is 11.6. The Morgan fingerprint density at radius 3 is 2.88 bits per heavy atom. The van der Waals surface area contributed by atoms with Crippen LogP contribution in [0.3, 0.4) is 0 Å². The van der Waals surface area contributed by atoms with Gasteiger partial charge in [-0.3, -0.25) is 4.98 Å². The van der Waals surface area contributed by atoms with Gasteiger partial charge in [-0.25, -0.2) is 4.79 Å². The van der Waals surface area contributed by atoms with Gasteiger partial charge in [0.1, 0.15) is 0 Å². The van der Waals surface area contributed by atoms with Crippen molar-refractivity contribution in [2.24, 2.45) is 0 Å². The molecule has 1 heterocycles. The second kappa shape index (κ2) is 4.95. The number of aromatic nitrogens is 1. The van der Waals surface area contributed by atoms with E-state index >= 15 is 0 Å². The zero-order valence-corrected chi connectivity index (χ0v) is 10.1. The number of carbonyl (C=O) groups excluding carboxylic acids is 1. The SMILES string of the molecule is CCCc1ccc2nccc(C(=O)OC)c2c1. The van der Waals surface area contributed by atoms with Crippen LogP contribution in [0.25, 0.3) is 10.9 Å². The molecule has 17 heavy (non-hydrogen) atoms. The number of ether oxygens (including phenoxy) is 1. The van der Waals surface area contributed by atoms with Gasteiger partial charge in [0.2, 0.25) is 0 Å². The van der Waals surface area contributed by atoms with Crippen LogP contribution in [0, 0.1) is 0 Å². The maximum absolute atomic E-state index is 11.6. The van der Waals surface area contributed by atoms with Crippen molar-refractivity contribution in [3.05, 3.63) is 41.6 Å². The average molecular weight is 229 g/mol. The molecule has 0 atom stereocenters. The Hall–Kier alpha value is -1.90.